The summed E-state index contributed by atoms with van der Waals surface area (Å²) < 4.78 is 0. The standard InChI is InChI=1S/C20H27N5O2S/c21-17(26)12-13-25(16-8-2-1-3-9-16)19(27)14-28-20-22-18(23-24-20)11-10-15-6-4-5-7-15/h1-3,8-9,15H,4-7,10-14H2,(H2,21,26)(H,22,23,24). The number of para-hydroxylation sites is 1. The predicted octanol–water partition coefficient (Wildman–Crippen LogP) is 2.93. The number of primary amides is 1. The fourth-order valence-electron chi connectivity index (χ4n) is 3.53. The van der Waals surface area contributed by atoms with Gasteiger partial charge in [-0.1, -0.05) is 55.6 Å². The van der Waals surface area contributed by atoms with E-state index in [0.29, 0.717) is 5.16 Å². The van der Waals surface area contributed by atoms with E-state index in [1.807, 2.05) is 30.3 Å². The zero-order valence-electron chi connectivity index (χ0n) is 16.0. The van der Waals surface area contributed by atoms with Crippen molar-refractivity contribution >= 4 is 29.3 Å². The van der Waals surface area contributed by atoms with Gasteiger partial charge in [-0.3, -0.25) is 14.7 Å². The van der Waals surface area contributed by atoms with E-state index >= 15 is 0 Å². The van der Waals surface area contributed by atoms with Crippen molar-refractivity contribution in [1.82, 2.24) is 15.2 Å². The molecular weight excluding hydrogens is 374 g/mol. The minimum absolute atomic E-state index is 0.102. The zero-order valence-corrected chi connectivity index (χ0v) is 16.8. The maximum atomic E-state index is 12.7. The highest BCUT2D eigenvalue weighted by atomic mass is 32.2. The first-order chi connectivity index (χ1) is 13.6. The largest absolute Gasteiger partial charge is 0.370 e. The van der Waals surface area contributed by atoms with E-state index in [4.69, 9.17) is 5.73 Å². The minimum atomic E-state index is -0.428. The number of hydrogen-bond acceptors (Lipinski definition) is 5. The van der Waals surface area contributed by atoms with Crippen molar-refractivity contribution in [3.05, 3.63) is 36.2 Å². The van der Waals surface area contributed by atoms with Gasteiger partial charge in [0.05, 0.1) is 5.75 Å². The van der Waals surface area contributed by atoms with E-state index < -0.39 is 5.91 Å². The van der Waals surface area contributed by atoms with Gasteiger partial charge in [0.1, 0.15) is 5.82 Å². The van der Waals surface area contributed by atoms with Crippen molar-refractivity contribution in [3.8, 4) is 0 Å². The normalized spacial score (nSPS) is 14.3. The third-order valence-corrected chi connectivity index (χ3v) is 5.88. The van der Waals surface area contributed by atoms with Crippen LogP contribution in [0.4, 0.5) is 5.69 Å². The molecule has 0 spiro atoms. The Labute approximate surface area is 169 Å². The number of nitrogens with zero attached hydrogens (tertiary/aromatic N) is 3. The van der Waals surface area contributed by atoms with Crippen LogP contribution in [-0.4, -0.2) is 39.3 Å². The second-order valence-corrected chi connectivity index (χ2v) is 8.08. The molecule has 1 aromatic heterocycles. The van der Waals surface area contributed by atoms with E-state index in [1.54, 1.807) is 4.90 Å². The van der Waals surface area contributed by atoms with E-state index in [0.717, 1.165) is 30.3 Å². The average molecular weight is 402 g/mol. The summed E-state index contributed by atoms with van der Waals surface area (Å²) in [5.74, 6) is 1.37. The molecule has 3 N–H and O–H groups in total. The number of aryl methyl sites for hydroxylation is 1. The monoisotopic (exact) mass is 401 g/mol. The smallest absolute Gasteiger partial charge is 0.237 e. The van der Waals surface area contributed by atoms with Crippen LogP contribution in [0.15, 0.2) is 35.5 Å². The van der Waals surface area contributed by atoms with Gasteiger partial charge in [0, 0.05) is 25.1 Å². The van der Waals surface area contributed by atoms with Crippen molar-refractivity contribution in [1.29, 1.82) is 0 Å². The van der Waals surface area contributed by atoms with Crippen LogP contribution >= 0.6 is 11.8 Å². The van der Waals surface area contributed by atoms with Crippen LogP contribution in [0.2, 0.25) is 0 Å². The van der Waals surface area contributed by atoms with Crippen molar-refractivity contribution in [2.75, 3.05) is 17.2 Å². The average Bonchev–Trinajstić information content (AvgIpc) is 3.37. The summed E-state index contributed by atoms with van der Waals surface area (Å²) >= 11 is 1.30. The number of rotatable bonds is 10. The van der Waals surface area contributed by atoms with Crippen LogP contribution in [0.3, 0.4) is 0 Å². The second-order valence-electron chi connectivity index (χ2n) is 7.14. The maximum Gasteiger partial charge on any atom is 0.237 e. The Morgan fingerprint density at radius 1 is 1.21 bits per heavy atom. The summed E-state index contributed by atoms with van der Waals surface area (Å²) in [5, 5.41) is 7.79. The van der Waals surface area contributed by atoms with Crippen LogP contribution < -0.4 is 10.6 Å². The number of carbonyl (C=O) groups excluding carboxylic acids is 2. The van der Waals surface area contributed by atoms with Gasteiger partial charge in [-0.15, -0.1) is 5.10 Å². The number of aromatic nitrogens is 3. The Hall–Kier alpha value is -2.35. The van der Waals surface area contributed by atoms with E-state index in [1.165, 1.54) is 37.4 Å². The molecule has 1 heterocycles. The molecule has 0 aliphatic heterocycles. The molecule has 0 atom stereocenters. The maximum absolute atomic E-state index is 12.7. The number of nitrogens with one attached hydrogen (secondary N) is 1. The number of anilines is 1. The van der Waals surface area contributed by atoms with Crippen molar-refractivity contribution < 1.29 is 9.59 Å². The summed E-state index contributed by atoms with van der Waals surface area (Å²) in [6.07, 6.45) is 7.51. The first-order valence-corrected chi connectivity index (χ1v) is 10.8. The Morgan fingerprint density at radius 2 is 1.96 bits per heavy atom. The highest BCUT2D eigenvalue weighted by Crippen LogP contribution is 2.28. The molecule has 0 saturated heterocycles. The zero-order chi connectivity index (χ0) is 19.8. The summed E-state index contributed by atoms with van der Waals surface area (Å²) in [5.41, 5.74) is 6.01. The van der Waals surface area contributed by atoms with Crippen molar-refractivity contribution in [2.45, 2.75) is 50.1 Å². The summed E-state index contributed by atoms with van der Waals surface area (Å²) in [4.78, 5) is 30.0. The predicted molar refractivity (Wildman–Crippen MR) is 110 cm³/mol. The number of carbonyl (C=O) groups is 2. The number of hydrogen-bond donors (Lipinski definition) is 2. The van der Waals surface area contributed by atoms with Crippen molar-refractivity contribution in [3.63, 3.8) is 0 Å². The van der Waals surface area contributed by atoms with Crippen LogP contribution in [0.5, 0.6) is 0 Å². The van der Waals surface area contributed by atoms with Gasteiger partial charge in [-0.25, -0.2) is 4.98 Å². The number of aromatic amines is 1. The lowest BCUT2D eigenvalue weighted by Crippen LogP contribution is -2.35. The molecule has 0 unspecified atom stereocenters. The van der Waals surface area contributed by atoms with Gasteiger partial charge in [-0.2, -0.15) is 0 Å². The Balaban J connectivity index is 1.52. The fraction of sp³-hybridized carbons (Fsp3) is 0.500. The molecule has 150 valence electrons. The molecule has 1 aromatic carbocycles. The molecule has 1 fully saturated rings. The molecule has 28 heavy (non-hydrogen) atoms. The first kappa shape index (κ1) is 20.4. The van der Waals surface area contributed by atoms with Crippen LogP contribution in [0.1, 0.15) is 44.3 Å². The molecule has 1 aliphatic rings. The van der Waals surface area contributed by atoms with E-state index in [-0.39, 0.29) is 24.6 Å². The molecule has 0 bridgehead atoms. The Kier molecular flexibility index (Phi) is 7.47. The third kappa shape index (κ3) is 6.09. The minimum Gasteiger partial charge on any atom is -0.370 e. The molecule has 8 heteroatoms. The number of thioether (sulfide) groups is 1. The SMILES string of the molecule is NC(=O)CCN(C(=O)CSc1n[nH]c(CCC2CCCC2)n1)c1ccccc1. The lowest BCUT2D eigenvalue weighted by atomic mass is 10.0. The number of H-pyrrole nitrogens is 1. The number of nitrogens with two attached hydrogens (primary N) is 1. The van der Waals surface area contributed by atoms with Crippen molar-refractivity contribution in [2.24, 2.45) is 11.7 Å². The summed E-state index contributed by atoms with van der Waals surface area (Å²) in [6, 6.07) is 9.29. The molecule has 1 saturated carbocycles. The summed E-state index contributed by atoms with van der Waals surface area (Å²) in [6.45, 7) is 0.263. The summed E-state index contributed by atoms with van der Waals surface area (Å²) in [7, 11) is 0. The Morgan fingerprint density at radius 3 is 2.68 bits per heavy atom. The van der Waals surface area contributed by atoms with E-state index in [2.05, 4.69) is 15.2 Å². The van der Waals surface area contributed by atoms with Gasteiger partial charge in [0.15, 0.2) is 0 Å². The number of amides is 2. The lowest BCUT2D eigenvalue weighted by molar-refractivity contribution is -0.118. The van der Waals surface area contributed by atoms with Gasteiger partial charge in [0.25, 0.3) is 0 Å². The molecule has 7 nitrogen and oxygen atoms in total. The fourth-order valence-corrected chi connectivity index (χ4v) is 4.22. The van der Waals surface area contributed by atoms with Gasteiger partial charge in [0.2, 0.25) is 17.0 Å². The van der Waals surface area contributed by atoms with Crippen LogP contribution in [-0.2, 0) is 16.0 Å². The quantitative estimate of drug-likeness (QED) is 0.596. The third-order valence-electron chi connectivity index (χ3n) is 5.05. The number of benzene rings is 1. The van der Waals surface area contributed by atoms with E-state index in [9.17, 15) is 9.59 Å². The topological polar surface area (TPSA) is 105 Å². The molecule has 3 rings (SSSR count). The van der Waals surface area contributed by atoms with Crippen LogP contribution in [0.25, 0.3) is 0 Å². The van der Waals surface area contributed by atoms with Crippen LogP contribution in [0, 0.1) is 5.92 Å². The van der Waals surface area contributed by atoms with Gasteiger partial charge < -0.3 is 10.6 Å². The van der Waals surface area contributed by atoms with Gasteiger partial charge >= 0.3 is 0 Å². The molecule has 1 aliphatic carbocycles. The van der Waals surface area contributed by atoms with Gasteiger partial charge in [-0.05, 0) is 24.5 Å². The molecule has 2 amide bonds. The Bertz CT molecular complexity index is 774. The molecule has 2 aromatic rings. The molecular formula is C20H27N5O2S. The lowest BCUT2D eigenvalue weighted by Gasteiger charge is -2.22. The second kappa shape index (κ2) is 10.3. The first-order valence-electron chi connectivity index (χ1n) is 9.79. The highest BCUT2D eigenvalue weighted by molar-refractivity contribution is 7.99. The molecule has 0 radical (unpaired) electrons. The highest BCUT2D eigenvalue weighted by Gasteiger charge is 2.18.